The molecule has 0 saturated carbocycles. The van der Waals surface area contributed by atoms with E-state index in [-0.39, 0.29) is 36.3 Å². The molecule has 0 unspecified atom stereocenters. The second kappa shape index (κ2) is 9.96. The van der Waals surface area contributed by atoms with Crippen molar-refractivity contribution < 1.29 is 13.2 Å². The topological polar surface area (TPSA) is 78.5 Å². The zero-order valence-corrected chi connectivity index (χ0v) is 19.8. The summed E-state index contributed by atoms with van der Waals surface area (Å²) >= 11 is 0. The third kappa shape index (κ3) is 5.44. The first-order valence-electron chi connectivity index (χ1n) is 9.66. The zero-order chi connectivity index (χ0) is 19.7. The molecule has 2 aliphatic rings. The van der Waals surface area contributed by atoms with Gasteiger partial charge in [-0.15, -0.1) is 24.8 Å². The first kappa shape index (κ1) is 26.2. The molecule has 1 aromatic carbocycles. The number of hydrogen-bond donors (Lipinski definition) is 2. The molecule has 1 amide bonds. The number of carbonyl (C=O) groups is 1. The van der Waals surface area contributed by atoms with Gasteiger partial charge in [-0.1, -0.05) is 24.3 Å². The Morgan fingerprint density at radius 1 is 1.17 bits per heavy atom. The summed E-state index contributed by atoms with van der Waals surface area (Å²) in [6, 6.07) is 8.46. The van der Waals surface area contributed by atoms with E-state index in [9.17, 15) is 13.2 Å². The minimum absolute atomic E-state index is 0. The van der Waals surface area contributed by atoms with Crippen LogP contribution in [-0.2, 0) is 27.6 Å². The van der Waals surface area contributed by atoms with Crippen LogP contribution in [0.4, 0.5) is 0 Å². The van der Waals surface area contributed by atoms with E-state index >= 15 is 0 Å². The summed E-state index contributed by atoms with van der Waals surface area (Å²) in [6.45, 7) is 7.52. The molecule has 2 heterocycles. The Bertz CT molecular complexity index is 809. The van der Waals surface area contributed by atoms with E-state index in [4.69, 9.17) is 0 Å². The van der Waals surface area contributed by atoms with Crippen LogP contribution in [0.1, 0.15) is 37.8 Å². The molecular weight excluding hydrogens is 433 g/mol. The molecule has 166 valence electrons. The summed E-state index contributed by atoms with van der Waals surface area (Å²) in [5, 5.41) is 6.12. The predicted octanol–water partition coefficient (Wildman–Crippen LogP) is 1.95. The Morgan fingerprint density at radius 3 is 2.34 bits per heavy atom. The second-order valence-electron chi connectivity index (χ2n) is 8.45. The van der Waals surface area contributed by atoms with Crippen LogP contribution in [0.5, 0.6) is 0 Å². The van der Waals surface area contributed by atoms with E-state index < -0.39 is 14.6 Å². The fourth-order valence-corrected chi connectivity index (χ4v) is 5.53. The molecule has 0 aliphatic carbocycles. The lowest BCUT2D eigenvalue weighted by atomic mass is 9.93. The number of piperidine rings is 1. The van der Waals surface area contributed by atoms with Crippen molar-refractivity contribution in [2.24, 2.45) is 0 Å². The van der Waals surface area contributed by atoms with Crippen LogP contribution in [0, 0.1) is 0 Å². The highest BCUT2D eigenvalue weighted by atomic mass is 35.5. The predicted molar refractivity (Wildman–Crippen MR) is 122 cm³/mol. The number of rotatable bonds is 5. The van der Waals surface area contributed by atoms with Gasteiger partial charge in [-0.2, -0.15) is 0 Å². The number of hydrogen-bond acceptors (Lipinski definition) is 5. The largest absolute Gasteiger partial charge is 0.353 e. The molecule has 2 N–H and O–H groups in total. The van der Waals surface area contributed by atoms with E-state index in [1.807, 2.05) is 0 Å². The van der Waals surface area contributed by atoms with Gasteiger partial charge in [0.1, 0.15) is 0 Å². The Balaban J connectivity index is 0.00000210. The third-order valence-electron chi connectivity index (χ3n) is 6.20. The molecule has 3 rings (SSSR count). The highest BCUT2D eigenvalue weighted by molar-refractivity contribution is 7.92. The van der Waals surface area contributed by atoms with Gasteiger partial charge >= 0.3 is 0 Å². The molecule has 0 spiro atoms. The van der Waals surface area contributed by atoms with Gasteiger partial charge in [0.2, 0.25) is 5.91 Å². The van der Waals surface area contributed by atoms with Crippen LogP contribution in [0.15, 0.2) is 24.3 Å². The van der Waals surface area contributed by atoms with Crippen molar-refractivity contribution >= 4 is 40.6 Å². The molecule has 0 aromatic heterocycles. The quantitative estimate of drug-likeness (QED) is 0.694. The highest BCUT2D eigenvalue weighted by Crippen LogP contribution is 2.29. The first-order chi connectivity index (χ1) is 12.7. The molecule has 0 bridgehead atoms. The first-order valence-corrected chi connectivity index (χ1v) is 11.6. The van der Waals surface area contributed by atoms with Crippen LogP contribution < -0.4 is 10.6 Å². The number of nitrogens with one attached hydrogen (secondary N) is 2. The summed E-state index contributed by atoms with van der Waals surface area (Å²) in [6.07, 6.45) is 2.83. The number of sulfone groups is 1. The highest BCUT2D eigenvalue weighted by Gasteiger charge is 2.49. The normalized spacial score (nSPS) is 19.3. The Labute approximate surface area is 186 Å². The minimum Gasteiger partial charge on any atom is -0.353 e. The van der Waals surface area contributed by atoms with Crippen molar-refractivity contribution in [2.75, 3.05) is 32.4 Å². The zero-order valence-electron chi connectivity index (χ0n) is 17.4. The van der Waals surface area contributed by atoms with E-state index in [2.05, 4.69) is 53.6 Å². The van der Waals surface area contributed by atoms with Gasteiger partial charge in [-0.05, 0) is 57.3 Å². The minimum atomic E-state index is -3.48. The summed E-state index contributed by atoms with van der Waals surface area (Å²) in [4.78, 5) is 15.3. The van der Waals surface area contributed by atoms with Gasteiger partial charge in [0.15, 0.2) is 14.6 Å². The van der Waals surface area contributed by atoms with Crippen molar-refractivity contribution in [3.05, 3.63) is 35.4 Å². The third-order valence-corrected chi connectivity index (χ3v) is 8.22. The number of amides is 1. The molecule has 1 fully saturated rings. The number of halogens is 2. The number of carbonyl (C=O) groups excluding carboxylic acids is 1. The van der Waals surface area contributed by atoms with Crippen molar-refractivity contribution in [2.45, 2.75) is 49.9 Å². The van der Waals surface area contributed by atoms with Crippen molar-refractivity contribution in [1.82, 2.24) is 15.5 Å². The SMILES string of the molecule is CC(C)(CNC(=O)C1(S(C)(=O)=O)CCNCC1)N1CCc2ccccc2C1.Cl.Cl. The van der Waals surface area contributed by atoms with Crippen LogP contribution in [0.25, 0.3) is 0 Å². The standard InChI is InChI=1S/C20H31N3O3S.2ClH/c1-19(2,23-13-8-16-6-4-5-7-17(16)14-23)15-22-18(24)20(27(3,25)26)9-11-21-12-10-20;;/h4-7,21H,8-15H2,1-3H3,(H,22,24);2*1H. The van der Waals surface area contributed by atoms with Crippen molar-refractivity contribution in [3.63, 3.8) is 0 Å². The van der Waals surface area contributed by atoms with Crippen LogP contribution in [0.3, 0.4) is 0 Å². The van der Waals surface area contributed by atoms with Gasteiger partial charge in [0, 0.05) is 31.4 Å². The lowest BCUT2D eigenvalue weighted by Crippen LogP contribution is -2.60. The Morgan fingerprint density at radius 2 is 1.76 bits per heavy atom. The van der Waals surface area contributed by atoms with E-state index in [0.717, 1.165) is 19.5 Å². The molecule has 29 heavy (non-hydrogen) atoms. The fourth-order valence-electron chi connectivity index (χ4n) is 4.18. The summed E-state index contributed by atoms with van der Waals surface area (Å²) in [7, 11) is -3.48. The van der Waals surface area contributed by atoms with Crippen molar-refractivity contribution in [3.8, 4) is 0 Å². The van der Waals surface area contributed by atoms with E-state index in [1.165, 1.54) is 17.4 Å². The van der Waals surface area contributed by atoms with Crippen molar-refractivity contribution in [1.29, 1.82) is 0 Å². The van der Waals surface area contributed by atoms with Crippen LogP contribution in [0.2, 0.25) is 0 Å². The Kier molecular flexibility index (Phi) is 8.99. The number of benzene rings is 1. The maximum Gasteiger partial charge on any atom is 0.241 e. The monoisotopic (exact) mass is 465 g/mol. The molecular formula is C20H33Cl2N3O3S. The summed E-state index contributed by atoms with van der Waals surface area (Å²) in [5.74, 6) is -0.350. The van der Waals surface area contributed by atoms with Gasteiger partial charge in [0.25, 0.3) is 0 Å². The molecule has 0 radical (unpaired) electrons. The number of fused-ring (bicyclic) bond motifs is 1. The van der Waals surface area contributed by atoms with E-state index in [1.54, 1.807) is 0 Å². The van der Waals surface area contributed by atoms with Gasteiger partial charge in [0.05, 0.1) is 0 Å². The molecule has 9 heteroatoms. The van der Waals surface area contributed by atoms with E-state index in [0.29, 0.717) is 32.5 Å². The van der Waals surface area contributed by atoms with Crippen LogP contribution >= 0.6 is 24.8 Å². The van der Waals surface area contributed by atoms with Crippen LogP contribution in [-0.4, -0.2) is 61.9 Å². The fraction of sp³-hybridized carbons (Fsp3) is 0.650. The molecule has 1 saturated heterocycles. The molecule has 6 nitrogen and oxygen atoms in total. The lowest BCUT2D eigenvalue weighted by molar-refractivity contribution is -0.125. The average Bonchev–Trinajstić information content (AvgIpc) is 2.65. The summed E-state index contributed by atoms with van der Waals surface area (Å²) < 4.78 is 23.5. The molecule has 1 aromatic rings. The molecule has 0 atom stereocenters. The second-order valence-corrected chi connectivity index (χ2v) is 10.8. The maximum absolute atomic E-state index is 13.0. The van der Waals surface area contributed by atoms with Gasteiger partial charge < -0.3 is 10.6 Å². The number of nitrogens with zero attached hydrogens (tertiary/aromatic N) is 1. The lowest BCUT2D eigenvalue weighted by Gasteiger charge is -2.42. The van der Waals surface area contributed by atoms with Gasteiger partial charge in [-0.25, -0.2) is 8.42 Å². The smallest absolute Gasteiger partial charge is 0.241 e. The van der Waals surface area contributed by atoms with Gasteiger partial charge in [-0.3, -0.25) is 9.69 Å². The maximum atomic E-state index is 13.0. The summed E-state index contributed by atoms with van der Waals surface area (Å²) in [5.41, 5.74) is 2.46. The average molecular weight is 466 g/mol. The Hall–Kier alpha value is -0.860. The molecule has 2 aliphatic heterocycles.